The molecule has 0 saturated heterocycles. The maximum Gasteiger partial charge on any atom is 0.152 e. The summed E-state index contributed by atoms with van der Waals surface area (Å²) in [7, 11) is 0. The predicted molar refractivity (Wildman–Crippen MR) is 71.6 cm³/mol. The van der Waals surface area contributed by atoms with Gasteiger partial charge in [-0.3, -0.25) is 4.79 Å². The van der Waals surface area contributed by atoms with Crippen LogP contribution in [0.1, 0.15) is 53.9 Å². The van der Waals surface area contributed by atoms with E-state index in [0.29, 0.717) is 12.3 Å². The average Bonchev–Trinajstić information content (AvgIpc) is 2.30. The van der Waals surface area contributed by atoms with Crippen molar-refractivity contribution in [1.82, 2.24) is 5.32 Å². The van der Waals surface area contributed by atoms with Crippen molar-refractivity contribution in [1.29, 1.82) is 0 Å². The highest BCUT2D eigenvalue weighted by Gasteiger charge is 2.19. The second-order valence-electron chi connectivity index (χ2n) is 3.95. The van der Waals surface area contributed by atoms with E-state index in [1.165, 1.54) is 0 Å². The lowest BCUT2D eigenvalue weighted by molar-refractivity contribution is -0.124. The fraction of sp³-hybridized carbons (Fsp3) is 0.923. The molecule has 0 aromatic carbocycles. The van der Waals surface area contributed by atoms with Gasteiger partial charge in [-0.15, -0.1) is 0 Å². The molecule has 0 aliphatic rings. The Morgan fingerprint density at radius 2 is 1.81 bits per heavy atom. The van der Waals surface area contributed by atoms with Gasteiger partial charge in [0.2, 0.25) is 0 Å². The van der Waals surface area contributed by atoms with Crippen LogP contribution in [0.2, 0.25) is 0 Å². The summed E-state index contributed by atoms with van der Waals surface area (Å²) in [6, 6.07) is 0.0338. The number of Topliss-reactive ketones (excluding diaryl/α,β-unsaturated/α-hetero) is 1. The molecule has 1 atom stereocenters. The maximum absolute atomic E-state index is 11.7. The topological polar surface area (TPSA) is 55.1 Å². The normalized spacial score (nSPS) is 11.9. The van der Waals surface area contributed by atoms with E-state index in [2.05, 4.69) is 5.32 Å². The zero-order valence-electron chi connectivity index (χ0n) is 11.7. The van der Waals surface area contributed by atoms with Crippen molar-refractivity contribution in [2.45, 2.75) is 59.9 Å². The molecule has 0 aliphatic heterocycles. The van der Waals surface area contributed by atoms with Gasteiger partial charge in [-0.2, -0.15) is 0 Å². The summed E-state index contributed by atoms with van der Waals surface area (Å²) in [5.74, 6) is 0.445. The van der Waals surface area contributed by atoms with Gasteiger partial charge in [-0.1, -0.05) is 41.0 Å². The Bertz CT molecular complexity index is 158. The summed E-state index contributed by atoms with van der Waals surface area (Å²) in [6.07, 6.45) is 2.96. The first-order chi connectivity index (χ1) is 7.63. The number of carbonyl (C=O) groups excluding carboxylic acids is 1. The smallest absolute Gasteiger partial charge is 0.152 e. The zero-order valence-corrected chi connectivity index (χ0v) is 11.7. The van der Waals surface area contributed by atoms with Crippen molar-refractivity contribution < 1.29 is 4.79 Å². The third kappa shape index (κ3) is 8.86. The summed E-state index contributed by atoms with van der Waals surface area (Å²) < 4.78 is 0. The minimum absolute atomic E-state index is 0.0338. The highest BCUT2D eigenvalue weighted by atomic mass is 16.1. The van der Waals surface area contributed by atoms with Gasteiger partial charge in [0.05, 0.1) is 6.04 Å². The fourth-order valence-electron chi connectivity index (χ4n) is 1.49. The number of nitrogens with two attached hydrogens (primary N) is 1. The molecule has 0 aromatic heterocycles. The van der Waals surface area contributed by atoms with Crippen LogP contribution in [-0.2, 0) is 4.79 Å². The van der Waals surface area contributed by atoms with Crippen LogP contribution >= 0.6 is 0 Å². The molecule has 0 radical (unpaired) electrons. The van der Waals surface area contributed by atoms with Crippen molar-refractivity contribution in [3.63, 3.8) is 0 Å². The quantitative estimate of drug-likeness (QED) is 0.629. The summed E-state index contributed by atoms with van der Waals surface area (Å²) in [5, 5.41) is 3.23. The lowest BCUT2D eigenvalue weighted by Gasteiger charge is -2.18. The summed E-state index contributed by atoms with van der Waals surface area (Å²) in [6.45, 7) is 11.5. The Kier molecular flexibility index (Phi) is 14.2. The molecule has 0 bridgehead atoms. The second-order valence-corrected chi connectivity index (χ2v) is 3.95. The minimum Gasteiger partial charge on any atom is -0.330 e. The monoisotopic (exact) mass is 230 g/mol. The first-order valence-electron chi connectivity index (χ1n) is 6.60. The standard InChI is InChI=1S/C11H24N2O.C2H6/c1-4-13-10(7-5-6-8-12)11(14)9(2)3;1-2/h9-10,13H,4-8,12H2,1-3H3;1-2H3. The average molecular weight is 230 g/mol. The third-order valence-corrected chi connectivity index (χ3v) is 2.31. The third-order valence-electron chi connectivity index (χ3n) is 2.31. The van der Waals surface area contributed by atoms with Crippen molar-refractivity contribution in [2.24, 2.45) is 11.7 Å². The molecule has 3 heteroatoms. The number of hydrogen-bond donors (Lipinski definition) is 2. The zero-order chi connectivity index (χ0) is 13.0. The first-order valence-corrected chi connectivity index (χ1v) is 6.60. The molecule has 0 aliphatic carbocycles. The highest BCUT2D eigenvalue weighted by Crippen LogP contribution is 2.07. The van der Waals surface area contributed by atoms with E-state index in [-0.39, 0.29) is 12.0 Å². The van der Waals surface area contributed by atoms with Gasteiger partial charge in [0, 0.05) is 5.92 Å². The van der Waals surface area contributed by atoms with Crippen LogP contribution in [0.4, 0.5) is 0 Å². The molecule has 3 nitrogen and oxygen atoms in total. The Morgan fingerprint density at radius 3 is 2.19 bits per heavy atom. The molecule has 0 aromatic rings. The summed E-state index contributed by atoms with van der Waals surface area (Å²) in [5.41, 5.74) is 5.42. The Hall–Kier alpha value is -0.410. The molecule has 0 saturated carbocycles. The van der Waals surface area contributed by atoms with Gasteiger partial charge >= 0.3 is 0 Å². The largest absolute Gasteiger partial charge is 0.330 e. The van der Waals surface area contributed by atoms with E-state index in [4.69, 9.17) is 5.73 Å². The van der Waals surface area contributed by atoms with Crippen LogP contribution in [0.15, 0.2) is 0 Å². The van der Waals surface area contributed by atoms with Gasteiger partial charge in [-0.05, 0) is 25.9 Å². The molecule has 0 spiro atoms. The lowest BCUT2D eigenvalue weighted by Crippen LogP contribution is -2.39. The van der Waals surface area contributed by atoms with E-state index in [0.717, 1.165) is 25.8 Å². The van der Waals surface area contributed by atoms with E-state index < -0.39 is 0 Å². The van der Waals surface area contributed by atoms with Gasteiger partial charge in [0.1, 0.15) is 0 Å². The molecule has 0 amide bonds. The highest BCUT2D eigenvalue weighted by molar-refractivity contribution is 5.85. The van der Waals surface area contributed by atoms with Crippen LogP contribution in [0, 0.1) is 5.92 Å². The summed E-state index contributed by atoms with van der Waals surface area (Å²) >= 11 is 0. The number of likely N-dealkylation sites (N-methyl/N-ethyl adjacent to an activating group) is 1. The number of nitrogens with one attached hydrogen (secondary N) is 1. The van der Waals surface area contributed by atoms with Crippen molar-refractivity contribution in [3.8, 4) is 0 Å². The van der Waals surface area contributed by atoms with Crippen LogP contribution < -0.4 is 11.1 Å². The van der Waals surface area contributed by atoms with Crippen LogP contribution in [0.25, 0.3) is 0 Å². The van der Waals surface area contributed by atoms with E-state index >= 15 is 0 Å². The van der Waals surface area contributed by atoms with Gasteiger partial charge in [0.25, 0.3) is 0 Å². The van der Waals surface area contributed by atoms with E-state index in [1.54, 1.807) is 0 Å². The number of carbonyl (C=O) groups is 1. The Morgan fingerprint density at radius 1 is 1.25 bits per heavy atom. The number of ketones is 1. The maximum atomic E-state index is 11.7. The lowest BCUT2D eigenvalue weighted by atomic mass is 9.97. The number of unbranched alkanes of at least 4 members (excludes halogenated alkanes) is 1. The molecular formula is C13H30N2O. The van der Waals surface area contributed by atoms with Crippen LogP contribution in [0.5, 0.6) is 0 Å². The molecule has 98 valence electrons. The van der Waals surface area contributed by atoms with Crippen molar-refractivity contribution in [2.75, 3.05) is 13.1 Å². The minimum atomic E-state index is 0.0338. The van der Waals surface area contributed by atoms with Crippen molar-refractivity contribution in [3.05, 3.63) is 0 Å². The van der Waals surface area contributed by atoms with Crippen molar-refractivity contribution >= 4 is 5.78 Å². The predicted octanol–water partition coefficient (Wildman–Crippen LogP) is 2.34. The number of hydrogen-bond acceptors (Lipinski definition) is 3. The van der Waals surface area contributed by atoms with Crippen LogP contribution in [-0.4, -0.2) is 24.9 Å². The van der Waals surface area contributed by atoms with Gasteiger partial charge in [-0.25, -0.2) is 0 Å². The van der Waals surface area contributed by atoms with Gasteiger partial charge < -0.3 is 11.1 Å². The molecule has 0 fully saturated rings. The second kappa shape index (κ2) is 12.7. The molecule has 0 heterocycles. The van der Waals surface area contributed by atoms with Gasteiger partial charge in [0.15, 0.2) is 5.78 Å². The fourth-order valence-corrected chi connectivity index (χ4v) is 1.49. The van der Waals surface area contributed by atoms with E-state index in [9.17, 15) is 4.79 Å². The molecule has 3 N–H and O–H groups in total. The Balaban J connectivity index is 0. The first kappa shape index (κ1) is 18.0. The SMILES string of the molecule is CC.CCNC(CCCCN)C(=O)C(C)C. The molecule has 1 unspecified atom stereocenters. The molecule has 16 heavy (non-hydrogen) atoms. The summed E-state index contributed by atoms with van der Waals surface area (Å²) in [4.78, 5) is 11.7. The van der Waals surface area contributed by atoms with E-state index in [1.807, 2.05) is 34.6 Å². The molecule has 0 rings (SSSR count). The Labute approximate surface area is 101 Å². The number of rotatable bonds is 8. The molecular weight excluding hydrogens is 200 g/mol. The van der Waals surface area contributed by atoms with Crippen LogP contribution in [0.3, 0.4) is 0 Å².